The summed E-state index contributed by atoms with van der Waals surface area (Å²) in [6.45, 7) is 18.7. The minimum absolute atomic E-state index is 0.0929. The number of esters is 2. The Balaban J connectivity index is 3.86. The van der Waals surface area contributed by atoms with Gasteiger partial charge < -0.3 is 37.9 Å². The number of carbonyl (C=O) groups excluding carboxylic acids is 2. The number of rotatable bonds is 21. The van der Waals surface area contributed by atoms with Gasteiger partial charge in [-0.2, -0.15) is 0 Å². The molecule has 0 aliphatic heterocycles. The molecule has 7 atom stereocenters. The van der Waals surface area contributed by atoms with Crippen molar-refractivity contribution in [2.75, 3.05) is 46.2 Å². The topological polar surface area (TPSA) is 108 Å². The van der Waals surface area contributed by atoms with Gasteiger partial charge in [-0.25, -0.2) is 0 Å². The van der Waals surface area contributed by atoms with E-state index in [0.717, 1.165) is 0 Å². The molecule has 0 saturated heterocycles. The Labute approximate surface area is 211 Å². The zero-order valence-electron chi connectivity index (χ0n) is 23.1. The van der Waals surface area contributed by atoms with Crippen LogP contribution < -0.4 is 0 Å². The van der Waals surface area contributed by atoms with Crippen molar-refractivity contribution in [3.63, 3.8) is 0 Å². The van der Waals surface area contributed by atoms with Crippen LogP contribution in [0.2, 0.25) is 0 Å². The summed E-state index contributed by atoms with van der Waals surface area (Å²) in [5, 5.41) is 0. The van der Waals surface area contributed by atoms with E-state index in [1.807, 2.05) is 41.5 Å². The molecule has 7 unspecified atom stereocenters. The smallest absolute Gasteiger partial charge is 0.302 e. The standard InChI is InChI=1S/C25H48O10/c1-17(29-12-19(3)31-14-21(5)33-16-23(7)35-25(9)27)10-28-18(2)11-30-20(4)13-32-22(6)15-34-24(8)26/h17-23H,10-16H2,1-9H3. The monoisotopic (exact) mass is 508 g/mol. The van der Waals surface area contributed by atoms with Crippen LogP contribution in [0.25, 0.3) is 0 Å². The summed E-state index contributed by atoms with van der Waals surface area (Å²) < 4.78 is 44.3. The van der Waals surface area contributed by atoms with Crippen molar-refractivity contribution >= 4 is 11.9 Å². The molecule has 0 aromatic rings. The summed E-state index contributed by atoms with van der Waals surface area (Å²) in [6, 6.07) is 0. The van der Waals surface area contributed by atoms with Gasteiger partial charge in [0.2, 0.25) is 0 Å². The fraction of sp³-hybridized carbons (Fsp3) is 0.920. The van der Waals surface area contributed by atoms with E-state index in [4.69, 9.17) is 37.9 Å². The first-order valence-corrected chi connectivity index (χ1v) is 12.4. The minimum Gasteiger partial charge on any atom is -0.463 e. The third kappa shape index (κ3) is 21.7. The van der Waals surface area contributed by atoms with Crippen LogP contribution in [-0.4, -0.2) is 101 Å². The van der Waals surface area contributed by atoms with Crippen molar-refractivity contribution in [2.24, 2.45) is 0 Å². The van der Waals surface area contributed by atoms with E-state index in [9.17, 15) is 9.59 Å². The molecule has 0 heterocycles. The van der Waals surface area contributed by atoms with Gasteiger partial charge in [-0.1, -0.05) is 0 Å². The van der Waals surface area contributed by atoms with Gasteiger partial charge in [0.05, 0.1) is 76.3 Å². The van der Waals surface area contributed by atoms with Crippen LogP contribution in [0.5, 0.6) is 0 Å². The molecule has 0 amide bonds. The molecule has 0 bridgehead atoms. The van der Waals surface area contributed by atoms with E-state index in [-0.39, 0.29) is 61.3 Å². The molecule has 0 saturated carbocycles. The van der Waals surface area contributed by atoms with Gasteiger partial charge in [0.1, 0.15) is 12.7 Å². The van der Waals surface area contributed by atoms with E-state index in [1.54, 1.807) is 6.92 Å². The van der Waals surface area contributed by atoms with Crippen molar-refractivity contribution in [2.45, 2.75) is 105 Å². The maximum atomic E-state index is 10.9. The van der Waals surface area contributed by atoms with Gasteiger partial charge in [0.15, 0.2) is 0 Å². The summed E-state index contributed by atoms with van der Waals surface area (Å²) in [7, 11) is 0. The Morgan fingerprint density at radius 1 is 0.429 bits per heavy atom. The second-order valence-corrected chi connectivity index (χ2v) is 9.09. The quantitative estimate of drug-likeness (QED) is 0.215. The summed E-state index contributed by atoms with van der Waals surface area (Å²) in [4.78, 5) is 21.7. The first-order valence-electron chi connectivity index (χ1n) is 12.4. The lowest BCUT2D eigenvalue weighted by molar-refractivity contribution is -0.150. The second-order valence-electron chi connectivity index (χ2n) is 9.09. The van der Waals surface area contributed by atoms with Crippen molar-refractivity contribution in [3.8, 4) is 0 Å². The Kier molecular flexibility index (Phi) is 19.1. The molecule has 0 rings (SSSR count). The second kappa shape index (κ2) is 19.8. The third-order valence-corrected chi connectivity index (χ3v) is 4.58. The van der Waals surface area contributed by atoms with Crippen molar-refractivity contribution in [1.29, 1.82) is 0 Å². The summed E-state index contributed by atoms with van der Waals surface area (Å²) >= 11 is 0. The molecule has 10 heteroatoms. The zero-order valence-corrected chi connectivity index (χ0v) is 23.1. The molecule has 0 spiro atoms. The molecule has 0 aromatic heterocycles. The molecule has 0 aromatic carbocycles. The molecule has 208 valence electrons. The lowest BCUT2D eigenvalue weighted by Gasteiger charge is -2.22. The molecular formula is C25H48O10. The molecule has 0 fully saturated rings. The number of ether oxygens (including phenoxy) is 8. The number of carbonyl (C=O) groups is 2. The predicted molar refractivity (Wildman–Crippen MR) is 130 cm³/mol. The summed E-state index contributed by atoms with van der Waals surface area (Å²) in [6.07, 6.45) is -0.990. The van der Waals surface area contributed by atoms with Crippen LogP contribution in [0.1, 0.15) is 62.3 Å². The molecule has 0 radical (unpaired) electrons. The first-order chi connectivity index (χ1) is 16.4. The van der Waals surface area contributed by atoms with E-state index in [1.165, 1.54) is 13.8 Å². The Bertz CT molecular complexity index is 558. The van der Waals surface area contributed by atoms with Crippen LogP contribution in [0.15, 0.2) is 0 Å². The fourth-order valence-electron chi connectivity index (χ4n) is 2.64. The fourth-order valence-corrected chi connectivity index (χ4v) is 2.64. The lowest BCUT2D eigenvalue weighted by atomic mass is 10.3. The van der Waals surface area contributed by atoms with Gasteiger partial charge in [-0.05, 0) is 48.5 Å². The average molecular weight is 509 g/mol. The van der Waals surface area contributed by atoms with Gasteiger partial charge in [-0.3, -0.25) is 9.59 Å². The maximum absolute atomic E-state index is 10.9. The highest BCUT2D eigenvalue weighted by Crippen LogP contribution is 2.05. The van der Waals surface area contributed by atoms with Crippen molar-refractivity contribution in [3.05, 3.63) is 0 Å². The highest BCUT2D eigenvalue weighted by atomic mass is 16.6. The predicted octanol–water partition coefficient (Wildman–Crippen LogP) is 2.93. The Hall–Kier alpha value is -1.30. The van der Waals surface area contributed by atoms with Gasteiger partial charge >= 0.3 is 11.9 Å². The van der Waals surface area contributed by atoms with Gasteiger partial charge in [0.25, 0.3) is 0 Å². The lowest BCUT2D eigenvalue weighted by Crippen LogP contribution is -2.30. The van der Waals surface area contributed by atoms with Crippen molar-refractivity contribution in [1.82, 2.24) is 0 Å². The third-order valence-electron chi connectivity index (χ3n) is 4.58. The van der Waals surface area contributed by atoms with Gasteiger partial charge in [-0.15, -0.1) is 0 Å². The normalized spacial score (nSPS) is 17.6. The molecular weight excluding hydrogens is 460 g/mol. The van der Waals surface area contributed by atoms with Crippen LogP contribution in [0, 0.1) is 0 Å². The highest BCUT2D eigenvalue weighted by molar-refractivity contribution is 5.66. The van der Waals surface area contributed by atoms with Crippen LogP contribution in [0.4, 0.5) is 0 Å². The molecule has 35 heavy (non-hydrogen) atoms. The number of hydrogen-bond acceptors (Lipinski definition) is 10. The number of hydrogen-bond donors (Lipinski definition) is 0. The Morgan fingerprint density at radius 2 is 0.686 bits per heavy atom. The largest absolute Gasteiger partial charge is 0.463 e. The van der Waals surface area contributed by atoms with E-state index in [2.05, 4.69) is 0 Å². The molecule has 0 aliphatic rings. The summed E-state index contributed by atoms with van der Waals surface area (Å²) in [5.41, 5.74) is 0. The van der Waals surface area contributed by atoms with E-state index < -0.39 is 0 Å². The van der Waals surface area contributed by atoms with Gasteiger partial charge in [0, 0.05) is 13.8 Å². The SMILES string of the molecule is CC(=O)OCC(C)OCC(C)OCC(C)OCC(C)OCC(C)OCC(C)OCC(C)OC(C)=O. The highest BCUT2D eigenvalue weighted by Gasteiger charge is 2.14. The average Bonchev–Trinajstić information content (AvgIpc) is 2.78. The van der Waals surface area contributed by atoms with E-state index in [0.29, 0.717) is 39.6 Å². The van der Waals surface area contributed by atoms with Crippen LogP contribution in [0.3, 0.4) is 0 Å². The van der Waals surface area contributed by atoms with E-state index >= 15 is 0 Å². The summed E-state index contributed by atoms with van der Waals surface area (Å²) in [5.74, 6) is -0.640. The maximum Gasteiger partial charge on any atom is 0.302 e. The molecule has 0 N–H and O–H groups in total. The first kappa shape index (κ1) is 33.7. The minimum atomic E-state index is -0.320. The van der Waals surface area contributed by atoms with Crippen LogP contribution >= 0.6 is 0 Å². The Morgan fingerprint density at radius 3 is 0.943 bits per heavy atom. The zero-order chi connectivity index (χ0) is 26.8. The van der Waals surface area contributed by atoms with Crippen LogP contribution in [-0.2, 0) is 47.5 Å². The molecule has 0 aliphatic carbocycles. The van der Waals surface area contributed by atoms with Crippen molar-refractivity contribution < 1.29 is 47.5 Å². The molecule has 10 nitrogen and oxygen atoms in total.